The molecule has 1 N–H and O–H groups in total. The fourth-order valence-electron chi connectivity index (χ4n) is 1.45. The third kappa shape index (κ3) is 5.10. The number of rotatable bonds is 6. The van der Waals surface area contributed by atoms with E-state index in [1.807, 2.05) is 38.1 Å². The molecule has 0 aromatic heterocycles. The van der Waals surface area contributed by atoms with E-state index in [1.54, 1.807) is 7.05 Å². The number of carbonyl (C=O) groups excluding carboxylic acids is 1. The van der Waals surface area contributed by atoms with Gasteiger partial charge in [0.05, 0.1) is 12.0 Å². The highest BCUT2D eigenvalue weighted by molar-refractivity contribution is 7.83. The smallest absolute Gasteiger partial charge is 0.247 e. The van der Waals surface area contributed by atoms with Crippen molar-refractivity contribution in [3.63, 3.8) is 0 Å². The summed E-state index contributed by atoms with van der Waals surface area (Å²) in [6.07, 6.45) is 0.224. The van der Waals surface area contributed by atoms with Crippen molar-refractivity contribution in [3.05, 3.63) is 29.8 Å². The first-order chi connectivity index (χ1) is 8.93. The average molecular weight is 284 g/mol. The SMILES string of the molecule is CON(C)C(=O)C[C@H](C)NS(=O)c1ccc(C)cc1. The Labute approximate surface area is 116 Å². The van der Waals surface area contributed by atoms with E-state index in [9.17, 15) is 9.00 Å². The van der Waals surface area contributed by atoms with E-state index < -0.39 is 11.0 Å². The molecule has 1 aromatic rings. The summed E-state index contributed by atoms with van der Waals surface area (Å²) >= 11 is 0. The van der Waals surface area contributed by atoms with Crippen molar-refractivity contribution in [2.45, 2.75) is 31.2 Å². The van der Waals surface area contributed by atoms with Crippen molar-refractivity contribution in [2.24, 2.45) is 0 Å². The van der Waals surface area contributed by atoms with Crippen LogP contribution < -0.4 is 4.72 Å². The van der Waals surface area contributed by atoms with Crippen LogP contribution in [-0.2, 0) is 20.6 Å². The minimum Gasteiger partial charge on any atom is -0.275 e. The zero-order valence-electron chi connectivity index (χ0n) is 11.7. The maximum Gasteiger partial charge on any atom is 0.247 e. The van der Waals surface area contributed by atoms with Crippen LogP contribution in [0.2, 0.25) is 0 Å². The third-order valence-corrected chi connectivity index (χ3v) is 3.97. The Bertz CT molecular complexity index is 448. The summed E-state index contributed by atoms with van der Waals surface area (Å²) in [7, 11) is 1.66. The molecule has 1 rings (SSSR count). The Balaban J connectivity index is 2.52. The molecule has 1 aromatic carbocycles. The van der Waals surface area contributed by atoms with Crippen LogP contribution in [0.25, 0.3) is 0 Å². The molecule has 0 saturated heterocycles. The van der Waals surface area contributed by atoms with Crippen LogP contribution in [0, 0.1) is 6.92 Å². The molecule has 0 aliphatic carbocycles. The molecule has 106 valence electrons. The second-order valence-electron chi connectivity index (χ2n) is 4.38. The Hall–Kier alpha value is -1.24. The van der Waals surface area contributed by atoms with Gasteiger partial charge >= 0.3 is 0 Å². The number of nitrogens with one attached hydrogen (secondary N) is 1. The van der Waals surface area contributed by atoms with Crippen molar-refractivity contribution in [3.8, 4) is 0 Å². The van der Waals surface area contributed by atoms with Gasteiger partial charge in [0.2, 0.25) is 5.91 Å². The van der Waals surface area contributed by atoms with E-state index >= 15 is 0 Å². The minimum atomic E-state index is -1.31. The molecule has 0 radical (unpaired) electrons. The topological polar surface area (TPSA) is 58.6 Å². The molecule has 6 heteroatoms. The van der Waals surface area contributed by atoms with E-state index in [-0.39, 0.29) is 18.4 Å². The molecule has 2 atom stereocenters. The van der Waals surface area contributed by atoms with Crippen LogP contribution in [0.5, 0.6) is 0 Å². The van der Waals surface area contributed by atoms with Gasteiger partial charge in [0, 0.05) is 19.5 Å². The van der Waals surface area contributed by atoms with Crippen molar-refractivity contribution in [1.29, 1.82) is 0 Å². The first kappa shape index (κ1) is 15.8. The molecule has 19 heavy (non-hydrogen) atoms. The van der Waals surface area contributed by atoms with E-state index in [1.165, 1.54) is 7.11 Å². The maximum absolute atomic E-state index is 12.0. The zero-order chi connectivity index (χ0) is 14.4. The Morgan fingerprint density at radius 3 is 2.53 bits per heavy atom. The molecule has 0 spiro atoms. The van der Waals surface area contributed by atoms with E-state index in [4.69, 9.17) is 4.84 Å². The summed E-state index contributed by atoms with van der Waals surface area (Å²) in [5.41, 5.74) is 1.12. The Morgan fingerprint density at radius 2 is 2.00 bits per heavy atom. The molecular weight excluding hydrogens is 264 g/mol. The van der Waals surface area contributed by atoms with E-state index in [0.29, 0.717) is 4.90 Å². The number of hydroxylamine groups is 2. The molecular formula is C13H20N2O3S. The van der Waals surface area contributed by atoms with Crippen LogP contribution in [0.3, 0.4) is 0 Å². The quantitative estimate of drug-likeness (QED) is 0.803. The van der Waals surface area contributed by atoms with Crippen LogP contribution >= 0.6 is 0 Å². The standard InChI is InChI=1S/C13H20N2O3S/c1-10-5-7-12(8-6-10)19(17)14-11(2)9-13(16)15(3)18-4/h5-8,11,14H,9H2,1-4H3/t11-,19?/m0/s1. The lowest BCUT2D eigenvalue weighted by molar-refractivity contribution is -0.168. The van der Waals surface area contributed by atoms with Gasteiger partial charge in [-0.05, 0) is 26.0 Å². The van der Waals surface area contributed by atoms with Crippen molar-refractivity contribution in [1.82, 2.24) is 9.79 Å². The number of hydrogen-bond acceptors (Lipinski definition) is 3. The maximum atomic E-state index is 12.0. The van der Waals surface area contributed by atoms with Gasteiger partial charge in [0.15, 0.2) is 0 Å². The fraction of sp³-hybridized carbons (Fsp3) is 0.462. The molecule has 0 aliphatic heterocycles. The summed E-state index contributed by atoms with van der Waals surface area (Å²) in [5.74, 6) is -0.164. The van der Waals surface area contributed by atoms with Crippen molar-refractivity contribution >= 4 is 16.9 Å². The van der Waals surface area contributed by atoms with Gasteiger partial charge in [-0.3, -0.25) is 9.63 Å². The third-order valence-electron chi connectivity index (χ3n) is 2.65. The minimum absolute atomic E-state index is 0.164. The Kier molecular flexibility index (Phi) is 6.14. The monoisotopic (exact) mass is 284 g/mol. The average Bonchev–Trinajstić information content (AvgIpc) is 2.38. The number of hydrogen-bond donors (Lipinski definition) is 1. The van der Waals surface area contributed by atoms with Gasteiger partial charge in [-0.15, -0.1) is 0 Å². The molecule has 0 fully saturated rings. The summed E-state index contributed by atoms with van der Waals surface area (Å²) in [4.78, 5) is 17.1. The van der Waals surface area contributed by atoms with Crippen LogP contribution in [0.1, 0.15) is 18.9 Å². The van der Waals surface area contributed by atoms with Gasteiger partial charge in [0.25, 0.3) is 0 Å². The lowest BCUT2D eigenvalue weighted by Crippen LogP contribution is -2.35. The predicted molar refractivity (Wildman–Crippen MR) is 74.6 cm³/mol. The molecule has 5 nitrogen and oxygen atoms in total. The fourth-order valence-corrected chi connectivity index (χ4v) is 2.41. The number of nitrogens with zero attached hydrogens (tertiary/aromatic N) is 1. The van der Waals surface area contributed by atoms with Gasteiger partial charge in [0.1, 0.15) is 11.0 Å². The van der Waals surface area contributed by atoms with Crippen LogP contribution in [0.15, 0.2) is 29.2 Å². The van der Waals surface area contributed by atoms with Gasteiger partial charge in [-0.1, -0.05) is 17.7 Å². The second kappa shape index (κ2) is 7.37. The second-order valence-corrected chi connectivity index (χ2v) is 5.62. The summed E-state index contributed by atoms with van der Waals surface area (Å²) < 4.78 is 14.9. The normalized spacial score (nSPS) is 13.9. The largest absolute Gasteiger partial charge is 0.275 e. The summed E-state index contributed by atoms with van der Waals surface area (Å²) in [6.45, 7) is 3.79. The summed E-state index contributed by atoms with van der Waals surface area (Å²) in [6, 6.07) is 7.24. The number of aryl methyl sites for hydroxylation is 1. The lowest BCUT2D eigenvalue weighted by atomic mass is 10.2. The number of carbonyl (C=O) groups is 1. The molecule has 0 bridgehead atoms. The zero-order valence-corrected chi connectivity index (χ0v) is 12.5. The molecule has 0 saturated carbocycles. The molecule has 0 aliphatic rings. The predicted octanol–water partition coefficient (Wildman–Crippen LogP) is 1.41. The van der Waals surface area contributed by atoms with Crippen LogP contribution in [0.4, 0.5) is 0 Å². The number of amides is 1. The van der Waals surface area contributed by atoms with Crippen LogP contribution in [-0.4, -0.2) is 35.4 Å². The van der Waals surface area contributed by atoms with Crippen molar-refractivity contribution in [2.75, 3.05) is 14.2 Å². The van der Waals surface area contributed by atoms with Gasteiger partial charge in [-0.2, -0.15) is 0 Å². The highest BCUT2D eigenvalue weighted by Crippen LogP contribution is 2.08. The summed E-state index contributed by atoms with van der Waals surface area (Å²) in [5, 5.41) is 1.16. The first-order valence-corrected chi connectivity index (χ1v) is 7.14. The van der Waals surface area contributed by atoms with E-state index in [2.05, 4.69) is 4.72 Å². The lowest BCUT2D eigenvalue weighted by Gasteiger charge is -2.17. The molecule has 1 amide bonds. The van der Waals surface area contributed by atoms with Gasteiger partial charge < -0.3 is 0 Å². The van der Waals surface area contributed by atoms with Crippen molar-refractivity contribution < 1.29 is 13.8 Å². The van der Waals surface area contributed by atoms with E-state index in [0.717, 1.165) is 10.6 Å². The highest BCUT2D eigenvalue weighted by atomic mass is 32.2. The first-order valence-electron chi connectivity index (χ1n) is 5.99. The Morgan fingerprint density at radius 1 is 1.42 bits per heavy atom. The molecule has 1 unspecified atom stereocenters. The molecule has 0 heterocycles. The highest BCUT2D eigenvalue weighted by Gasteiger charge is 2.15. The van der Waals surface area contributed by atoms with Gasteiger partial charge in [-0.25, -0.2) is 14.0 Å². The number of benzene rings is 1.